The maximum atomic E-state index is 15.4. The van der Waals surface area contributed by atoms with Crippen molar-refractivity contribution in [1.82, 2.24) is 41.8 Å². The molecule has 9 N–H and O–H groups in total. The van der Waals surface area contributed by atoms with Gasteiger partial charge in [0.15, 0.2) is 5.78 Å². The van der Waals surface area contributed by atoms with Gasteiger partial charge in [-0.25, -0.2) is 4.79 Å². The van der Waals surface area contributed by atoms with Gasteiger partial charge in [0.1, 0.15) is 42.6 Å². The van der Waals surface area contributed by atoms with Gasteiger partial charge >= 0.3 is 6.09 Å². The minimum absolute atomic E-state index is 0.00671. The van der Waals surface area contributed by atoms with Crippen molar-refractivity contribution in [3.63, 3.8) is 0 Å². The van der Waals surface area contributed by atoms with Crippen molar-refractivity contribution in [2.75, 3.05) is 32.7 Å². The van der Waals surface area contributed by atoms with Crippen LogP contribution in [0.3, 0.4) is 0 Å². The fourth-order valence-corrected chi connectivity index (χ4v) is 11.0. The van der Waals surface area contributed by atoms with E-state index in [1.807, 2.05) is 127 Å². The number of alkyl carbamates (subject to hydrolysis) is 1. The molecule has 4 heterocycles. The van der Waals surface area contributed by atoms with Crippen molar-refractivity contribution in [3.8, 4) is 5.75 Å². The molecule has 7 atom stereocenters. The molecule has 6 amide bonds. The van der Waals surface area contributed by atoms with Crippen molar-refractivity contribution in [2.45, 2.75) is 101 Å². The molecule has 418 valence electrons. The third-order valence-corrected chi connectivity index (χ3v) is 15.3. The molecule has 3 aliphatic rings. The largest absolute Gasteiger partial charge is 0.489 e. The van der Waals surface area contributed by atoms with Gasteiger partial charge in [0.2, 0.25) is 29.5 Å². The van der Waals surface area contributed by atoms with E-state index in [0.717, 1.165) is 48.0 Å². The zero-order valence-corrected chi connectivity index (χ0v) is 44.8. The number of piperidine rings is 1. The number of carbonyl (C=O) groups is 7. The summed E-state index contributed by atoms with van der Waals surface area (Å²) in [5.74, 6) is -3.89. The maximum Gasteiger partial charge on any atom is 0.407 e. The van der Waals surface area contributed by atoms with Gasteiger partial charge in [-0.2, -0.15) is 0 Å². The lowest BCUT2D eigenvalue weighted by Gasteiger charge is -2.32. The van der Waals surface area contributed by atoms with Crippen molar-refractivity contribution in [1.29, 1.82) is 0 Å². The second-order valence-corrected chi connectivity index (χ2v) is 21.1. The molecular weight excluding hydrogens is 1010 g/mol. The molecule has 3 fully saturated rings. The van der Waals surface area contributed by atoms with Gasteiger partial charge in [0.25, 0.3) is 0 Å². The molecule has 3 aliphatic heterocycles. The molecule has 5 aromatic carbocycles. The highest BCUT2D eigenvalue weighted by Gasteiger charge is 2.45. The second kappa shape index (κ2) is 27.5. The Morgan fingerprint density at radius 3 is 1.82 bits per heavy atom. The Balaban J connectivity index is 1.11. The van der Waals surface area contributed by atoms with E-state index in [2.05, 4.69) is 36.9 Å². The molecule has 1 aromatic heterocycles. The fraction of sp³-hybridized carbons (Fsp3) is 0.371. The molecule has 0 saturated carbocycles. The van der Waals surface area contributed by atoms with Crippen LogP contribution >= 0.6 is 0 Å². The number of ether oxygens (including phenoxy) is 2. The third-order valence-electron chi connectivity index (χ3n) is 15.3. The van der Waals surface area contributed by atoms with Crippen LogP contribution in [-0.2, 0) is 65.8 Å². The SMILES string of the molecule is NCCNC(=O)O[C@@H]1C[C@H]2C(=O)N[C@@H](Cc3ccccc3)C(=O)N[C@H](Cc3c[nH]c4ccccc34)C(=O)C[C@@H](CC3CCNCC3)C(=O)N[C@@H](Cc3ccc(OCc4ccccc4)cc3)C(=O)N[C@@H](Cc3ccccc3)C(=O)N2C1. The number of nitrogens with zero attached hydrogens (tertiary/aromatic N) is 1. The number of ketones is 1. The summed E-state index contributed by atoms with van der Waals surface area (Å²) >= 11 is 0. The number of nitrogens with one attached hydrogen (secondary N) is 7. The normalized spacial score (nSPS) is 22.7. The van der Waals surface area contributed by atoms with E-state index in [0.29, 0.717) is 35.5 Å². The number of aromatic nitrogens is 1. The van der Waals surface area contributed by atoms with Gasteiger partial charge in [-0.15, -0.1) is 0 Å². The summed E-state index contributed by atoms with van der Waals surface area (Å²) in [5.41, 5.74) is 10.3. The van der Waals surface area contributed by atoms with Gasteiger partial charge in [-0.3, -0.25) is 28.8 Å². The summed E-state index contributed by atoms with van der Waals surface area (Å²) in [6.07, 6.45) is 1.49. The third kappa shape index (κ3) is 15.3. The highest BCUT2D eigenvalue weighted by Crippen LogP contribution is 2.28. The zero-order chi connectivity index (χ0) is 55.8. The van der Waals surface area contributed by atoms with Crippen LogP contribution in [0.4, 0.5) is 4.79 Å². The predicted octanol–water partition coefficient (Wildman–Crippen LogP) is 4.59. The van der Waals surface area contributed by atoms with Crippen molar-refractivity contribution < 1.29 is 43.0 Å². The lowest BCUT2D eigenvalue weighted by Crippen LogP contribution is -2.60. The number of Topliss-reactive ketones (excluding diaryl/α,β-unsaturated/α-hetero) is 1. The smallest absolute Gasteiger partial charge is 0.407 e. The standard InChI is InChI=1S/C62H71N9O9/c63-26-29-65-62(78)80-48-36-55-60(76)69-53(31-40-12-4-1-5-13-40)58(74)67-51(34-46-37-66-50-19-11-10-18-49(46)50)56(72)35-45(30-43-24-27-64-28-25-43)57(73)68-52(32-42-20-22-47(23-21-42)79-39-44-16-8-3-9-17-44)59(75)70-54(61(77)71(55)38-48)33-41-14-6-2-7-15-41/h1-23,37,43,45,48,51-55,64,66H,24-36,38-39,63H2,(H,65,78)(H,67,74)(H,68,73)(H,69,76)(H,70,75)/t45-,48-,51-,52+,53+,54+,55+/m1/s1. The molecule has 0 aliphatic carbocycles. The number of fused-ring (bicyclic) bond motifs is 2. The first kappa shape index (κ1) is 56.4. The first-order valence-electron chi connectivity index (χ1n) is 27.7. The lowest BCUT2D eigenvalue weighted by molar-refractivity contribution is -0.143. The topological polar surface area (TPSA) is 255 Å². The van der Waals surface area contributed by atoms with E-state index in [9.17, 15) is 4.79 Å². The summed E-state index contributed by atoms with van der Waals surface area (Å²) in [5, 5.41) is 18.8. The molecule has 9 rings (SSSR count). The number of carbonyl (C=O) groups excluding carboxylic acids is 7. The van der Waals surface area contributed by atoms with Crippen LogP contribution in [0.5, 0.6) is 5.75 Å². The zero-order valence-electron chi connectivity index (χ0n) is 44.8. The lowest BCUT2D eigenvalue weighted by atomic mass is 9.83. The summed E-state index contributed by atoms with van der Waals surface area (Å²) < 4.78 is 11.9. The Kier molecular flexibility index (Phi) is 19.4. The molecule has 0 bridgehead atoms. The number of H-pyrrole nitrogens is 1. The number of hydrogen-bond donors (Lipinski definition) is 8. The quantitative estimate of drug-likeness (QED) is 0.0666. The summed E-state index contributed by atoms with van der Waals surface area (Å²) in [6.45, 7) is 1.84. The Bertz CT molecular complexity index is 3060. The first-order valence-corrected chi connectivity index (χ1v) is 27.7. The van der Waals surface area contributed by atoms with Crippen LogP contribution in [0.2, 0.25) is 0 Å². The maximum absolute atomic E-state index is 15.4. The molecule has 18 heteroatoms. The van der Waals surface area contributed by atoms with E-state index in [1.165, 1.54) is 4.90 Å². The van der Waals surface area contributed by atoms with Gasteiger partial charge < -0.3 is 57.0 Å². The van der Waals surface area contributed by atoms with Crippen LogP contribution in [0, 0.1) is 11.8 Å². The summed E-state index contributed by atoms with van der Waals surface area (Å²) in [6, 6.07) is 36.4. The number of nitrogens with two attached hydrogens (primary N) is 1. The molecule has 0 unspecified atom stereocenters. The summed E-state index contributed by atoms with van der Waals surface area (Å²) in [7, 11) is 0. The Hall–Kier alpha value is -8.35. The van der Waals surface area contributed by atoms with E-state index in [1.54, 1.807) is 18.3 Å². The van der Waals surface area contributed by atoms with Crippen molar-refractivity contribution in [2.24, 2.45) is 17.6 Å². The van der Waals surface area contributed by atoms with E-state index in [-0.39, 0.29) is 64.1 Å². The fourth-order valence-electron chi connectivity index (χ4n) is 11.0. The van der Waals surface area contributed by atoms with Crippen LogP contribution in [-0.4, -0.2) is 120 Å². The number of rotatable bonds is 16. The predicted molar refractivity (Wildman–Crippen MR) is 302 cm³/mol. The minimum atomic E-state index is -1.31. The summed E-state index contributed by atoms with van der Waals surface area (Å²) in [4.78, 5) is 109. The van der Waals surface area contributed by atoms with Gasteiger partial charge in [-0.05, 0) is 84.3 Å². The highest BCUT2D eigenvalue weighted by molar-refractivity contribution is 5.99. The van der Waals surface area contributed by atoms with Gasteiger partial charge in [-0.1, -0.05) is 121 Å². The highest BCUT2D eigenvalue weighted by atomic mass is 16.6. The minimum Gasteiger partial charge on any atom is -0.489 e. The number of hydrogen-bond acceptors (Lipinski definition) is 11. The molecule has 0 spiro atoms. The second-order valence-electron chi connectivity index (χ2n) is 21.1. The van der Waals surface area contributed by atoms with E-state index < -0.39 is 83.6 Å². The Morgan fingerprint density at radius 2 is 1.18 bits per heavy atom. The van der Waals surface area contributed by atoms with Crippen LogP contribution < -0.4 is 42.4 Å². The number of benzene rings is 5. The van der Waals surface area contributed by atoms with Gasteiger partial charge in [0.05, 0.1) is 12.6 Å². The number of amides is 6. The molecule has 80 heavy (non-hydrogen) atoms. The molecule has 18 nitrogen and oxygen atoms in total. The van der Waals surface area contributed by atoms with E-state index >= 15 is 28.8 Å². The molecule has 3 saturated heterocycles. The molecule has 6 aromatic rings. The Labute approximate surface area is 465 Å². The van der Waals surface area contributed by atoms with E-state index in [4.69, 9.17) is 15.2 Å². The first-order chi connectivity index (χ1) is 39.0. The molecule has 0 radical (unpaired) electrons. The van der Waals surface area contributed by atoms with Crippen molar-refractivity contribution in [3.05, 3.63) is 174 Å². The monoisotopic (exact) mass is 1090 g/mol. The van der Waals surface area contributed by atoms with Crippen molar-refractivity contribution >= 4 is 52.3 Å². The Morgan fingerprint density at radius 1 is 0.613 bits per heavy atom. The average Bonchev–Trinajstić information content (AvgIpc) is 4.12. The number of aromatic amines is 1. The van der Waals surface area contributed by atoms with Crippen LogP contribution in [0.25, 0.3) is 10.9 Å². The van der Waals surface area contributed by atoms with Crippen LogP contribution in [0.15, 0.2) is 146 Å². The van der Waals surface area contributed by atoms with Crippen LogP contribution in [0.1, 0.15) is 59.9 Å². The molecular formula is C62H71N9O9. The van der Waals surface area contributed by atoms with Gasteiger partial charge in [0, 0.05) is 74.6 Å². The average molecular weight is 1090 g/mol. The number of para-hydroxylation sites is 1.